The molecule has 0 unspecified atom stereocenters. The smallest absolute Gasteiger partial charge is 0.387 e. The van der Waals surface area contributed by atoms with Crippen molar-refractivity contribution in [2.45, 2.75) is 31.5 Å². The molecule has 2 rings (SSSR count). The van der Waals surface area contributed by atoms with Gasteiger partial charge < -0.3 is 37.0 Å². The number of aliphatic hydroxyl groups excluding tert-OH is 2. The number of aryl methyl sites for hydroxylation is 1. The van der Waals surface area contributed by atoms with Gasteiger partial charge in [0.25, 0.3) is 5.56 Å². The van der Waals surface area contributed by atoms with Crippen LogP contribution < -0.4 is 23.6 Å². The number of phosphoric ester groups is 1. The lowest BCUT2D eigenvalue weighted by atomic mass is 10.1. The second-order valence-electron chi connectivity index (χ2n) is 4.78. The molecule has 13 nitrogen and oxygen atoms in total. The summed E-state index contributed by atoms with van der Waals surface area (Å²) in [6.45, 7) is 0.745. The summed E-state index contributed by atoms with van der Waals surface area (Å²) >= 11 is 0. The van der Waals surface area contributed by atoms with Crippen LogP contribution in [0.25, 0.3) is 0 Å². The lowest BCUT2D eigenvalue weighted by molar-refractivity contribution is -0.0552. The van der Waals surface area contributed by atoms with Crippen LogP contribution in [0, 0.1) is 6.92 Å². The molecule has 1 aromatic rings. The summed E-state index contributed by atoms with van der Waals surface area (Å²) in [5, 5.41) is 19.8. The first-order valence-electron chi connectivity index (χ1n) is 6.14. The minimum atomic E-state index is -4.77. The molecule has 11 N–H and O–H groups in total. The molecule has 0 spiro atoms. The fourth-order valence-corrected chi connectivity index (χ4v) is 2.53. The molecule has 14 heteroatoms. The van der Waals surface area contributed by atoms with Gasteiger partial charge in [0.15, 0.2) is 6.23 Å². The molecule has 1 aliphatic rings. The van der Waals surface area contributed by atoms with E-state index in [2.05, 4.69) is 4.52 Å². The topological polar surface area (TPSA) is 241 Å². The molecule has 0 aliphatic carbocycles. The predicted octanol–water partition coefficient (Wildman–Crippen LogP) is -2.10. The van der Waals surface area contributed by atoms with Crippen LogP contribution >= 0.6 is 7.82 Å². The van der Waals surface area contributed by atoms with E-state index in [9.17, 15) is 24.4 Å². The first-order valence-corrected chi connectivity index (χ1v) is 7.67. The number of nitrogens with one attached hydrogen (secondary N) is 1. The van der Waals surface area contributed by atoms with E-state index in [1.54, 1.807) is 0 Å². The van der Waals surface area contributed by atoms with Crippen LogP contribution in [0.15, 0.2) is 15.7 Å². The van der Waals surface area contributed by atoms with Gasteiger partial charge in [0.2, 0.25) is 0 Å². The molecule has 0 aromatic carbocycles. The fourth-order valence-electron chi connectivity index (χ4n) is 2.19. The van der Waals surface area contributed by atoms with Gasteiger partial charge in [0, 0.05) is 11.8 Å². The molecule has 1 fully saturated rings. The number of hydrogen-bond acceptors (Lipinski definition) is 9. The number of rotatable bonds is 4. The number of nitrogens with zero attached hydrogens (tertiary/aromatic N) is 1. The van der Waals surface area contributed by atoms with Crippen molar-refractivity contribution in [2.24, 2.45) is 0 Å². The molecule has 0 radical (unpaired) electrons. The van der Waals surface area contributed by atoms with Crippen LogP contribution in [0.2, 0.25) is 0 Å². The van der Waals surface area contributed by atoms with Crippen molar-refractivity contribution in [1.82, 2.24) is 21.9 Å². The lowest BCUT2D eigenvalue weighted by Crippen LogP contribution is -2.39. The Morgan fingerprint density at radius 1 is 1.29 bits per heavy atom. The highest BCUT2D eigenvalue weighted by Gasteiger charge is 2.45. The summed E-state index contributed by atoms with van der Waals surface area (Å²) in [4.78, 5) is 42.2. The number of ether oxygens (including phenoxy) is 1. The van der Waals surface area contributed by atoms with Gasteiger partial charge in [-0.3, -0.25) is 18.9 Å². The van der Waals surface area contributed by atoms with Crippen LogP contribution in [0.1, 0.15) is 11.9 Å². The van der Waals surface area contributed by atoms with Crippen LogP contribution in [0.5, 0.6) is 0 Å². The minimum absolute atomic E-state index is 0. The van der Waals surface area contributed by atoms with E-state index in [1.807, 2.05) is 4.98 Å². The summed E-state index contributed by atoms with van der Waals surface area (Å²) in [5.74, 6) is 0. The maximum atomic E-state index is 11.8. The average molecular weight is 372 g/mol. The Morgan fingerprint density at radius 2 is 1.88 bits per heavy atom. The molecule has 1 saturated heterocycles. The Kier molecular flexibility index (Phi) is 7.64. The molecule has 0 saturated carbocycles. The summed E-state index contributed by atoms with van der Waals surface area (Å²) in [6, 6.07) is 1.10. The highest BCUT2D eigenvalue weighted by molar-refractivity contribution is 7.46. The Morgan fingerprint density at radius 3 is 2.38 bits per heavy atom. The van der Waals surface area contributed by atoms with Gasteiger partial charge in [-0.15, -0.1) is 0 Å². The third-order valence-corrected chi connectivity index (χ3v) is 3.65. The molecule has 1 aromatic heterocycles. The number of hydrogen-bond donors (Lipinski definition) is 7. The van der Waals surface area contributed by atoms with Gasteiger partial charge in [-0.2, -0.15) is 0 Å². The standard InChI is InChI=1S/C10H15N2O9P.2H3N/c1-4-2-6(13)11-10(16)12(4)9-8(15)7(14)5(21-9)3-20-22(17,18)19;;/h2,5,7-9,14-15H,3H2,1H3,(H,11,13,16)(H2,17,18,19);2*1H3/t5-,7-,8-,9-;;/m1../s1. The van der Waals surface area contributed by atoms with E-state index < -0.39 is 50.2 Å². The molecule has 4 atom stereocenters. The van der Waals surface area contributed by atoms with Gasteiger partial charge in [-0.05, 0) is 6.92 Å². The molecular formula is C10H21N4O9P. The van der Waals surface area contributed by atoms with Crippen molar-refractivity contribution in [3.05, 3.63) is 32.6 Å². The monoisotopic (exact) mass is 372 g/mol. The highest BCUT2D eigenvalue weighted by Crippen LogP contribution is 2.38. The number of H-pyrrole nitrogens is 1. The van der Waals surface area contributed by atoms with Crippen molar-refractivity contribution in [1.29, 1.82) is 0 Å². The number of aromatic nitrogens is 2. The third kappa shape index (κ3) is 4.80. The Hall–Kier alpha value is -1.41. The van der Waals surface area contributed by atoms with Gasteiger partial charge in [0.1, 0.15) is 18.3 Å². The van der Waals surface area contributed by atoms with Crippen molar-refractivity contribution >= 4 is 7.82 Å². The van der Waals surface area contributed by atoms with E-state index in [0.29, 0.717) is 0 Å². The molecular weight excluding hydrogens is 351 g/mol. The van der Waals surface area contributed by atoms with E-state index in [1.165, 1.54) is 6.92 Å². The first kappa shape index (κ1) is 22.6. The zero-order valence-corrected chi connectivity index (χ0v) is 13.6. The molecule has 0 bridgehead atoms. The van der Waals surface area contributed by atoms with E-state index in [0.717, 1.165) is 10.6 Å². The Bertz CT molecular complexity index is 713. The van der Waals surface area contributed by atoms with Crippen LogP contribution in [0.4, 0.5) is 0 Å². The Labute approximate surface area is 135 Å². The molecule has 140 valence electrons. The maximum Gasteiger partial charge on any atom is 0.469 e. The summed E-state index contributed by atoms with van der Waals surface area (Å²) in [5.41, 5.74) is -1.30. The largest absolute Gasteiger partial charge is 0.469 e. The first-order chi connectivity index (χ1) is 10.1. The van der Waals surface area contributed by atoms with E-state index in [-0.39, 0.29) is 18.0 Å². The fraction of sp³-hybridized carbons (Fsp3) is 0.600. The number of phosphoric acid groups is 1. The third-order valence-electron chi connectivity index (χ3n) is 3.17. The lowest BCUT2D eigenvalue weighted by Gasteiger charge is -2.19. The zero-order chi connectivity index (χ0) is 16.7. The SMILES string of the molecule is Cc1cc(=O)[nH]c(=O)n1[C@@H]1O[C@H](COP(=O)(O)O)[C@@H](O)[C@H]1O.N.N. The Balaban J connectivity index is 0.00000264. The van der Waals surface area contributed by atoms with Crippen molar-refractivity contribution < 1.29 is 33.8 Å². The minimum Gasteiger partial charge on any atom is -0.387 e. The normalized spacial score (nSPS) is 26.5. The quantitative estimate of drug-likeness (QED) is 0.282. The summed E-state index contributed by atoms with van der Waals surface area (Å²) < 4.78 is 21.0. The summed E-state index contributed by atoms with van der Waals surface area (Å²) in [6.07, 6.45) is -5.67. The van der Waals surface area contributed by atoms with Gasteiger partial charge in [-0.25, -0.2) is 9.36 Å². The van der Waals surface area contributed by atoms with Gasteiger partial charge in [-0.1, -0.05) is 0 Å². The van der Waals surface area contributed by atoms with Crippen LogP contribution in [-0.4, -0.2) is 54.5 Å². The van der Waals surface area contributed by atoms with E-state index >= 15 is 0 Å². The molecule has 0 amide bonds. The zero-order valence-electron chi connectivity index (χ0n) is 12.7. The van der Waals surface area contributed by atoms with Crippen molar-refractivity contribution in [3.8, 4) is 0 Å². The molecule has 2 heterocycles. The van der Waals surface area contributed by atoms with Crippen molar-refractivity contribution in [2.75, 3.05) is 6.61 Å². The van der Waals surface area contributed by atoms with Crippen molar-refractivity contribution in [3.63, 3.8) is 0 Å². The molecule has 24 heavy (non-hydrogen) atoms. The van der Waals surface area contributed by atoms with Crippen LogP contribution in [0.3, 0.4) is 0 Å². The van der Waals surface area contributed by atoms with E-state index in [4.69, 9.17) is 14.5 Å². The predicted molar refractivity (Wildman–Crippen MR) is 80.0 cm³/mol. The number of aromatic amines is 1. The number of aliphatic hydroxyl groups is 2. The maximum absolute atomic E-state index is 11.8. The van der Waals surface area contributed by atoms with Gasteiger partial charge in [0.05, 0.1) is 6.61 Å². The van der Waals surface area contributed by atoms with Gasteiger partial charge >= 0.3 is 13.5 Å². The average Bonchev–Trinajstić information content (AvgIpc) is 2.63. The second-order valence-corrected chi connectivity index (χ2v) is 6.02. The van der Waals surface area contributed by atoms with Crippen LogP contribution in [-0.2, 0) is 13.8 Å². The molecule has 1 aliphatic heterocycles. The second kappa shape index (κ2) is 8.11. The highest BCUT2D eigenvalue weighted by atomic mass is 31.2. The summed E-state index contributed by atoms with van der Waals surface area (Å²) in [7, 11) is -4.77.